The van der Waals surface area contributed by atoms with Crippen molar-refractivity contribution in [3.8, 4) is 51.3 Å². The largest absolute Gasteiger partial charge is 0.495 e. The fraction of sp³-hybridized carbons (Fsp3) is 0.212. The first-order valence-electron chi connectivity index (χ1n) is 27.6. The van der Waals surface area contributed by atoms with Gasteiger partial charge in [-0.1, -0.05) is 23.2 Å². The van der Waals surface area contributed by atoms with E-state index in [2.05, 4.69) is 24.9 Å². The number of nitrogens with zero attached hydrogens (tertiary/aromatic N) is 5. The first kappa shape index (κ1) is 71.6. The van der Waals surface area contributed by atoms with Crippen LogP contribution >= 0.6 is 23.2 Å². The van der Waals surface area contributed by atoms with Crippen molar-refractivity contribution >= 4 is 73.6 Å². The average Bonchev–Trinajstić information content (AvgIpc) is 0.806. The Labute approximate surface area is 540 Å². The van der Waals surface area contributed by atoms with Crippen LogP contribution < -0.4 is 29.4 Å². The number of carbonyl (C=O) groups excluding carboxylic acids is 2. The Bertz CT molecular complexity index is 4400. The Morgan fingerprint density at radius 3 is 1.29 bits per heavy atom. The van der Waals surface area contributed by atoms with Crippen molar-refractivity contribution in [1.82, 2.24) is 24.9 Å². The molecular formula is C66H56Cl2F8N6O12. The van der Waals surface area contributed by atoms with Crippen molar-refractivity contribution in [3.63, 3.8) is 0 Å². The average molecular weight is 1350 g/mol. The van der Waals surface area contributed by atoms with Gasteiger partial charge in [-0.3, -0.25) is 19.7 Å². The number of esters is 1. The monoisotopic (exact) mass is 1350 g/mol. The zero-order chi connectivity index (χ0) is 68.9. The number of aliphatic hydroxyl groups is 2. The quantitative estimate of drug-likeness (QED) is 0.0375. The van der Waals surface area contributed by atoms with Gasteiger partial charge in [-0.05, 0) is 147 Å². The first-order chi connectivity index (χ1) is 44.6. The molecule has 5 heterocycles. The lowest BCUT2D eigenvalue weighted by Gasteiger charge is -2.30. The van der Waals surface area contributed by atoms with Gasteiger partial charge in [0, 0.05) is 58.8 Å². The number of methoxy groups -OCH3 is 5. The van der Waals surface area contributed by atoms with E-state index < -0.39 is 77.7 Å². The summed E-state index contributed by atoms with van der Waals surface area (Å²) in [6.45, 7) is 0.999. The van der Waals surface area contributed by atoms with Crippen molar-refractivity contribution < 1.29 is 93.2 Å². The first-order valence-corrected chi connectivity index (χ1v) is 28.4. The molecule has 5 N–H and O–H groups in total. The summed E-state index contributed by atoms with van der Waals surface area (Å²) in [5, 5.41) is 31.4. The summed E-state index contributed by atoms with van der Waals surface area (Å²) in [5.41, 5.74) is -0.195. The summed E-state index contributed by atoms with van der Waals surface area (Å²) in [4.78, 5) is 56.1. The molecule has 0 saturated heterocycles. The van der Waals surface area contributed by atoms with Gasteiger partial charge in [-0.15, -0.1) is 0 Å². The second kappa shape index (κ2) is 30.7. The van der Waals surface area contributed by atoms with Gasteiger partial charge in [-0.25, -0.2) is 28.3 Å². The highest BCUT2D eigenvalue weighted by Crippen LogP contribution is 2.45. The zero-order valence-electron chi connectivity index (χ0n) is 50.4. The minimum atomic E-state index is -5.19. The van der Waals surface area contributed by atoms with Crippen LogP contribution in [0.25, 0.3) is 55.2 Å². The third-order valence-electron chi connectivity index (χ3n) is 14.2. The number of carboxylic acid groups (broad SMARTS) is 1. The van der Waals surface area contributed by atoms with Crippen LogP contribution in [0.4, 0.5) is 35.1 Å². The van der Waals surface area contributed by atoms with E-state index in [-0.39, 0.29) is 66.9 Å². The molecule has 28 heteroatoms. The molecule has 2 unspecified atom stereocenters. The second-order valence-corrected chi connectivity index (χ2v) is 20.6. The number of ether oxygens (including phenoxy) is 6. The van der Waals surface area contributed by atoms with E-state index in [4.69, 9.17) is 62.5 Å². The summed E-state index contributed by atoms with van der Waals surface area (Å²) >= 11 is 11.5. The summed E-state index contributed by atoms with van der Waals surface area (Å²) in [5.74, 6) is -2.23. The molecule has 0 radical (unpaired) electrons. The van der Waals surface area contributed by atoms with Crippen molar-refractivity contribution in [1.29, 1.82) is 0 Å². The number of benzene rings is 5. The van der Waals surface area contributed by atoms with Gasteiger partial charge in [-0.2, -0.15) is 26.3 Å². The van der Waals surface area contributed by atoms with Gasteiger partial charge < -0.3 is 49.5 Å². The van der Waals surface area contributed by atoms with Crippen LogP contribution in [0, 0.1) is 11.6 Å². The molecule has 0 spiro atoms. The highest BCUT2D eigenvalue weighted by Gasteiger charge is 2.57. The third kappa shape index (κ3) is 15.6. The van der Waals surface area contributed by atoms with Crippen LogP contribution in [0.1, 0.15) is 62.2 Å². The standard InChI is InChI=1S/C27H21ClF4N2O4.C15H13ClF4N2O2.C13H13NO3.C11H9NO3/c1-37-22-9-10-23(34-24(22)15-5-7-19(29)18(28)14-15)26(36,27(30,31)32)12-11-21(35)17-6-8-20-16(25(17)38-2)4-3-13-33-20;1-24-11-4-5-12(14(23,7-21)15(18,19)20)22-13(11)8-2-3-10(17)9(16)6-8;1-3-17-13(15)10-6-7-11-9(12(10)16-2)5-4-8-14-11;1-15-10-7-3-2-6-12-9(7)5-4-8(10)11(13)14/h3-10,13-14,36H,11-12H2,1-2H3;2-6,23H,7,21H2,1H3;4-8H,3H2,1-2H3;2-6H,1H3,(H,13,14). The molecule has 5 aromatic carbocycles. The third-order valence-corrected chi connectivity index (χ3v) is 14.8. The van der Waals surface area contributed by atoms with E-state index in [0.717, 1.165) is 40.7 Å². The van der Waals surface area contributed by atoms with Crippen LogP contribution in [0.2, 0.25) is 10.0 Å². The molecule has 0 aliphatic rings. The number of hydrogen-bond acceptors (Lipinski definition) is 17. The topological polar surface area (TPSA) is 258 Å². The Morgan fingerprint density at radius 2 is 0.915 bits per heavy atom. The minimum Gasteiger partial charge on any atom is -0.495 e. The van der Waals surface area contributed by atoms with Gasteiger partial charge in [0.15, 0.2) is 5.78 Å². The zero-order valence-corrected chi connectivity index (χ0v) is 51.9. The summed E-state index contributed by atoms with van der Waals surface area (Å²) in [7, 11) is 6.91. The Balaban J connectivity index is 0.000000191. The number of carboxylic acids is 1. The van der Waals surface area contributed by atoms with Crippen LogP contribution in [0.15, 0.2) is 152 Å². The summed E-state index contributed by atoms with van der Waals surface area (Å²) < 4.78 is 140. The number of hydrogen-bond donors (Lipinski definition) is 4. The van der Waals surface area contributed by atoms with Crippen LogP contribution in [0.3, 0.4) is 0 Å². The van der Waals surface area contributed by atoms with E-state index in [1.165, 1.54) is 84.1 Å². The summed E-state index contributed by atoms with van der Waals surface area (Å²) in [6, 6.07) is 31.5. The smallest absolute Gasteiger partial charge is 0.424 e. The number of carbonyl (C=O) groups is 3. The molecule has 0 amide bonds. The maximum absolute atomic E-state index is 14.3. The van der Waals surface area contributed by atoms with Crippen LogP contribution in [0.5, 0.6) is 28.7 Å². The van der Waals surface area contributed by atoms with E-state index >= 15 is 0 Å². The Kier molecular flexibility index (Phi) is 23.4. The van der Waals surface area contributed by atoms with E-state index in [0.29, 0.717) is 40.0 Å². The molecule has 10 rings (SSSR count). The van der Waals surface area contributed by atoms with Crippen LogP contribution in [-0.4, -0.2) is 119 Å². The molecule has 492 valence electrons. The number of rotatable bonds is 17. The number of nitrogens with two attached hydrogens (primary N) is 1. The number of fused-ring (bicyclic) bond motifs is 3. The van der Waals surface area contributed by atoms with Gasteiger partial charge in [0.05, 0.1) is 85.7 Å². The molecule has 5 aromatic heterocycles. The molecule has 18 nitrogen and oxygen atoms in total. The Morgan fingerprint density at radius 1 is 0.521 bits per heavy atom. The number of alkyl halides is 6. The van der Waals surface area contributed by atoms with Gasteiger partial charge in [0.2, 0.25) is 11.2 Å². The van der Waals surface area contributed by atoms with E-state index in [1.807, 2.05) is 6.07 Å². The minimum absolute atomic E-state index is 0.0342. The number of pyridine rings is 5. The van der Waals surface area contributed by atoms with Crippen molar-refractivity contribution in [3.05, 3.63) is 202 Å². The molecule has 0 aliphatic heterocycles. The molecule has 94 heavy (non-hydrogen) atoms. The van der Waals surface area contributed by atoms with Gasteiger partial charge in [0.25, 0.3) is 0 Å². The SMILES string of the molecule is CCOC(=O)c1ccc2ncccc2c1OC.COc1c(C(=O)O)ccc2ncccc12.COc1ccc(C(O)(CCC(=O)c2ccc3ncccc3c2OC)C(F)(F)F)nc1-c1ccc(F)c(Cl)c1.COc1ccc(C(O)(CN)C(F)(F)F)nc1-c1ccc(F)c(Cl)c1. The Hall–Kier alpha value is -9.86. The second-order valence-electron chi connectivity index (χ2n) is 19.8. The molecule has 0 fully saturated rings. The highest BCUT2D eigenvalue weighted by atomic mass is 35.5. The number of aromatic carboxylic acids is 1. The maximum Gasteiger partial charge on any atom is 0.424 e. The maximum atomic E-state index is 14.3. The molecular weight excluding hydrogens is 1290 g/mol. The van der Waals surface area contributed by atoms with E-state index in [1.54, 1.807) is 80.1 Å². The molecule has 10 aromatic rings. The highest BCUT2D eigenvalue weighted by molar-refractivity contribution is 6.31. The van der Waals surface area contributed by atoms with Crippen molar-refractivity contribution in [2.24, 2.45) is 5.73 Å². The summed E-state index contributed by atoms with van der Waals surface area (Å²) in [6.07, 6.45) is -7.00. The number of halogens is 10. The number of aromatic nitrogens is 5. The van der Waals surface area contributed by atoms with Crippen molar-refractivity contribution in [2.75, 3.05) is 48.7 Å². The molecule has 0 saturated carbocycles. The van der Waals surface area contributed by atoms with E-state index in [9.17, 15) is 59.7 Å². The predicted octanol–water partition coefficient (Wildman–Crippen LogP) is 14.1. The van der Waals surface area contributed by atoms with Crippen molar-refractivity contribution in [2.45, 2.75) is 43.3 Å². The normalized spacial score (nSPS) is 12.5. The predicted molar refractivity (Wildman–Crippen MR) is 333 cm³/mol. The fourth-order valence-corrected chi connectivity index (χ4v) is 9.75. The van der Waals surface area contributed by atoms with Gasteiger partial charge >= 0.3 is 24.3 Å². The molecule has 0 aliphatic carbocycles. The lowest BCUT2D eigenvalue weighted by molar-refractivity contribution is -0.270. The molecule has 2 atom stereocenters. The van der Waals surface area contributed by atoms with Gasteiger partial charge in [0.1, 0.15) is 62.9 Å². The lowest BCUT2D eigenvalue weighted by Crippen LogP contribution is -2.48. The number of Topliss-reactive ketones (excluding diaryl/α,β-unsaturated/α-hetero) is 1. The fourth-order valence-electron chi connectivity index (χ4n) is 9.39. The molecule has 0 bridgehead atoms. The van der Waals surface area contributed by atoms with Crippen LogP contribution in [-0.2, 0) is 15.9 Å². The lowest BCUT2D eigenvalue weighted by atomic mass is 9.89. The number of ketones is 1.